The normalized spacial score (nSPS) is 21.7. The van der Waals surface area contributed by atoms with E-state index in [4.69, 9.17) is 27.9 Å². The van der Waals surface area contributed by atoms with Gasteiger partial charge in [-0.25, -0.2) is 31.9 Å². The SMILES string of the molecule is Cc1nc(C2CC(n3cc(-c4cc(F)c(F)c(F)c4)nn3)C(O)C(CO)O2)n(-c2cc(Cl)c(F)cc2Cl)n1. The summed E-state index contributed by atoms with van der Waals surface area (Å²) in [5, 5.41) is 32.8. The summed E-state index contributed by atoms with van der Waals surface area (Å²) in [6.07, 6.45) is -1.88. The van der Waals surface area contributed by atoms with E-state index in [2.05, 4.69) is 20.4 Å². The Morgan fingerprint density at radius 2 is 1.76 bits per heavy atom. The van der Waals surface area contributed by atoms with Gasteiger partial charge in [-0.2, -0.15) is 5.10 Å². The number of aliphatic hydroxyl groups excluding tert-OH is 2. The van der Waals surface area contributed by atoms with Crippen molar-refractivity contribution in [3.05, 3.63) is 75.4 Å². The zero-order valence-corrected chi connectivity index (χ0v) is 20.9. The zero-order valence-electron chi connectivity index (χ0n) is 19.4. The lowest BCUT2D eigenvalue weighted by Gasteiger charge is -2.38. The van der Waals surface area contributed by atoms with Crippen LogP contribution < -0.4 is 0 Å². The molecule has 0 spiro atoms. The van der Waals surface area contributed by atoms with Crippen LogP contribution in [-0.2, 0) is 4.74 Å². The second-order valence-electron chi connectivity index (χ2n) is 8.62. The Balaban J connectivity index is 1.51. The third-order valence-corrected chi connectivity index (χ3v) is 6.72. The van der Waals surface area contributed by atoms with Gasteiger partial charge in [-0.15, -0.1) is 5.10 Å². The number of rotatable bonds is 5. The number of benzene rings is 2. The molecule has 1 saturated heterocycles. The van der Waals surface area contributed by atoms with Gasteiger partial charge in [0.15, 0.2) is 23.3 Å². The van der Waals surface area contributed by atoms with Crippen LogP contribution in [-0.4, -0.2) is 58.8 Å². The zero-order chi connectivity index (χ0) is 27.3. The molecule has 2 aromatic carbocycles. The van der Waals surface area contributed by atoms with E-state index in [9.17, 15) is 27.8 Å². The molecule has 2 aromatic heterocycles. The number of halogens is 6. The molecule has 3 heterocycles. The highest BCUT2D eigenvalue weighted by atomic mass is 35.5. The predicted octanol–water partition coefficient (Wildman–Crippen LogP) is 4.12. The number of hydrogen-bond acceptors (Lipinski definition) is 7. The number of hydrogen-bond donors (Lipinski definition) is 2. The van der Waals surface area contributed by atoms with Crippen molar-refractivity contribution in [3.8, 4) is 16.9 Å². The molecule has 5 rings (SSSR count). The smallest absolute Gasteiger partial charge is 0.194 e. The molecule has 1 fully saturated rings. The van der Waals surface area contributed by atoms with Crippen LogP contribution in [0.15, 0.2) is 30.5 Å². The molecule has 2 N–H and O–H groups in total. The summed E-state index contributed by atoms with van der Waals surface area (Å²) in [5.74, 6) is -4.57. The minimum Gasteiger partial charge on any atom is -0.394 e. The lowest BCUT2D eigenvalue weighted by Crippen LogP contribution is -2.45. The maximum Gasteiger partial charge on any atom is 0.194 e. The largest absolute Gasteiger partial charge is 0.394 e. The van der Waals surface area contributed by atoms with Crippen LogP contribution in [0.1, 0.15) is 30.2 Å². The Morgan fingerprint density at radius 1 is 1.05 bits per heavy atom. The molecule has 4 unspecified atom stereocenters. The van der Waals surface area contributed by atoms with Gasteiger partial charge in [-0.1, -0.05) is 28.4 Å². The van der Waals surface area contributed by atoms with Crippen molar-refractivity contribution in [2.75, 3.05) is 6.61 Å². The van der Waals surface area contributed by atoms with Crippen LogP contribution in [0.5, 0.6) is 0 Å². The number of ether oxygens (including phenoxy) is 1. The van der Waals surface area contributed by atoms with Crippen LogP contribution >= 0.6 is 23.2 Å². The van der Waals surface area contributed by atoms with Gasteiger partial charge in [0.25, 0.3) is 0 Å². The summed E-state index contributed by atoms with van der Waals surface area (Å²) < 4.78 is 63.2. The van der Waals surface area contributed by atoms with Gasteiger partial charge in [0, 0.05) is 12.0 Å². The molecule has 38 heavy (non-hydrogen) atoms. The molecule has 0 amide bonds. The monoisotopic (exact) mass is 572 g/mol. The molecular formula is C23H18Cl2F4N6O3. The summed E-state index contributed by atoms with van der Waals surface area (Å²) >= 11 is 12.2. The lowest BCUT2D eigenvalue weighted by atomic mass is 9.95. The summed E-state index contributed by atoms with van der Waals surface area (Å²) in [6, 6.07) is 3.01. The minimum atomic E-state index is -1.61. The second kappa shape index (κ2) is 10.2. The van der Waals surface area contributed by atoms with E-state index in [1.807, 2.05) is 0 Å². The molecular weight excluding hydrogens is 555 g/mol. The Labute approximate surface area is 222 Å². The van der Waals surface area contributed by atoms with E-state index < -0.39 is 54.2 Å². The third-order valence-electron chi connectivity index (χ3n) is 6.12. The van der Waals surface area contributed by atoms with Crippen LogP contribution in [0.2, 0.25) is 10.0 Å². The van der Waals surface area contributed by atoms with Crippen LogP contribution in [0.4, 0.5) is 17.6 Å². The molecule has 4 atom stereocenters. The summed E-state index contributed by atoms with van der Waals surface area (Å²) in [7, 11) is 0. The Bertz CT molecular complexity index is 1490. The summed E-state index contributed by atoms with van der Waals surface area (Å²) in [6.45, 7) is 1.04. The van der Waals surface area contributed by atoms with E-state index in [1.54, 1.807) is 6.92 Å². The van der Waals surface area contributed by atoms with Crippen molar-refractivity contribution in [2.45, 2.75) is 37.7 Å². The molecule has 0 radical (unpaired) electrons. The van der Waals surface area contributed by atoms with Gasteiger partial charge >= 0.3 is 0 Å². The second-order valence-corrected chi connectivity index (χ2v) is 9.44. The number of nitrogens with zero attached hydrogens (tertiary/aromatic N) is 6. The molecule has 0 saturated carbocycles. The number of aliphatic hydroxyl groups is 2. The molecule has 4 aromatic rings. The Morgan fingerprint density at radius 3 is 2.45 bits per heavy atom. The van der Waals surface area contributed by atoms with Crippen molar-refractivity contribution in [1.29, 1.82) is 0 Å². The van der Waals surface area contributed by atoms with Crippen molar-refractivity contribution in [1.82, 2.24) is 29.8 Å². The van der Waals surface area contributed by atoms with Gasteiger partial charge in [0.1, 0.15) is 35.6 Å². The Kier molecular flexibility index (Phi) is 7.13. The Hall–Kier alpha value is -3.10. The highest BCUT2D eigenvalue weighted by Crippen LogP contribution is 2.39. The molecule has 0 bridgehead atoms. The maximum atomic E-state index is 13.9. The quantitative estimate of drug-likeness (QED) is 0.210. The number of aryl methyl sites for hydroxylation is 1. The average molecular weight is 573 g/mol. The first-order valence-electron chi connectivity index (χ1n) is 11.2. The van der Waals surface area contributed by atoms with Crippen molar-refractivity contribution in [3.63, 3.8) is 0 Å². The molecule has 1 aliphatic rings. The standard InChI is InChI=1S/C23H18Cl2F4N6O3/c1-9-30-23(35(32-9)17-5-11(24)13(26)4-12(17)25)19-6-18(22(37)20(8-36)38-19)34-7-16(31-33-34)10-2-14(27)21(29)15(28)3-10/h2-5,7,18-20,22,36-37H,6,8H2,1H3. The summed E-state index contributed by atoms with van der Waals surface area (Å²) in [4.78, 5) is 4.41. The number of aromatic nitrogens is 6. The van der Waals surface area contributed by atoms with Crippen molar-refractivity contribution < 1.29 is 32.5 Å². The van der Waals surface area contributed by atoms with E-state index in [0.29, 0.717) is 5.82 Å². The fraction of sp³-hybridized carbons (Fsp3) is 0.304. The summed E-state index contributed by atoms with van der Waals surface area (Å²) in [5.41, 5.74) is 0.178. The van der Waals surface area contributed by atoms with Crippen LogP contribution in [0, 0.1) is 30.2 Å². The van der Waals surface area contributed by atoms with E-state index >= 15 is 0 Å². The lowest BCUT2D eigenvalue weighted by molar-refractivity contribution is -0.161. The first-order valence-corrected chi connectivity index (χ1v) is 11.9. The maximum absolute atomic E-state index is 13.9. The fourth-order valence-corrected chi connectivity index (χ4v) is 4.69. The first kappa shape index (κ1) is 26.5. The van der Waals surface area contributed by atoms with Crippen LogP contribution in [0.3, 0.4) is 0 Å². The van der Waals surface area contributed by atoms with E-state index in [0.717, 1.165) is 18.2 Å². The van der Waals surface area contributed by atoms with Gasteiger partial charge in [0.05, 0.1) is 34.6 Å². The minimum absolute atomic E-state index is 0.00355. The molecule has 0 aliphatic carbocycles. The van der Waals surface area contributed by atoms with Crippen molar-refractivity contribution >= 4 is 23.2 Å². The highest BCUT2D eigenvalue weighted by molar-refractivity contribution is 6.34. The van der Waals surface area contributed by atoms with Gasteiger partial charge < -0.3 is 14.9 Å². The predicted molar refractivity (Wildman–Crippen MR) is 126 cm³/mol. The average Bonchev–Trinajstić information content (AvgIpc) is 3.52. The first-order chi connectivity index (χ1) is 18.1. The topological polar surface area (TPSA) is 111 Å². The van der Waals surface area contributed by atoms with Crippen LogP contribution in [0.25, 0.3) is 16.9 Å². The molecule has 9 nitrogen and oxygen atoms in total. The molecule has 15 heteroatoms. The van der Waals surface area contributed by atoms with Gasteiger partial charge in [-0.3, -0.25) is 0 Å². The van der Waals surface area contributed by atoms with E-state index in [1.165, 1.54) is 21.6 Å². The highest BCUT2D eigenvalue weighted by Gasteiger charge is 2.42. The van der Waals surface area contributed by atoms with Crippen molar-refractivity contribution in [2.24, 2.45) is 0 Å². The molecule has 1 aliphatic heterocycles. The van der Waals surface area contributed by atoms with Gasteiger partial charge in [-0.05, 0) is 31.2 Å². The third kappa shape index (κ3) is 4.76. The molecule has 200 valence electrons. The fourth-order valence-electron chi connectivity index (χ4n) is 4.30. The van der Waals surface area contributed by atoms with E-state index in [-0.39, 0.29) is 39.2 Å². The van der Waals surface area contributed by atoms with Gasteiger partial charge in [0.2, 0.25) is 0 Å².